The zero-order valence-corrected chi connectivity index (χ0v) is 12.8. The average Bonchev–Trinajstić information content (AvgIpc) is 3.03. The maximum absolute atomic E-state index is 12.0. The summed E-state index contributed by atoms with van der Waals surface area (Å²) in [4.78, 5) is 12.0. The first kappa shape index (κ1) is 15.1. The number of carbonyl (C=O) groups excluding carboxylic acids is 1. The van der Waals surface area contributed by atoms with Crippen LogP contribution in [0.2, 0.25) is 5.02 Å². The fourth-order valence-corrected chi connectivity index (χ4v) is 2.51. The Kier molecular flexibility index (Phi) is 4.75. The number of amides is 1. The lowest BCUT2D eigenvalue weighted by molar-refractivity contribution is -0.135. The summed E-state index contributed by atoms with van der Waals surface area (Å²) in [6, 6.07) is 9.12. The number of hydrogen-bond donors (Lipinski definition) is 1. The molecule has 1 fully saturated rings. The molecular weight excluding hydrogens is 304 g/mol. The molecular formula is C16H17ClN2O3. The van der Waals surface area contributed by atoms with Crippen molar-refractivity contribution in [1.82, 2.24) is 10.5 Å². The molecule has 1 N–H and O–H groups in total. The molecule has 2 aromatic rings. The molecule has 0 saturated carbocycles. The van der Waals surface area contributed by atoms with Gasteiger partial charge in [0.15, 0.2) is 5.76 Å². The first-order valence-corrected chi connectivity index (χ1v) is 7.71. The third-order valence-corrected chi connectivity index (χ3v) is 3.86. The van der Waals surface area contributed by atoms with Crippen molar-refractivity contribution in [2.45, 2.75) is 31.9 Å². The van der Waals surface area contributed by atoms with Gasteiger partial charge in [0.05, 0.1) is 6.54 Å². The van der Waals surface area contributed by atoms with E-state index < -0.39 is 0 Å². The fraction of sp³-hybridized carbons (Fsp3) is 0.375. The topological polar surface area (TPSA) is 64.4 Å². The molecule has 1 atom stereocenters. The number of benzene rings is 1. The van der Waals surface area contributed by atoms with Gasteiger partial charge >= 0.3 is 0 Å². The van der Waals surface area contributed by atoms with E-state index in [1.54, 1.807) is 12.1 Å². The highest BCUT2D eigenvalue weighted by molar-refractivity contribution is 6.30. The molecule has 0 radical (unpaired) electrons. The molecule has 1 aromatic carbocycles. The highest BCUT2D eigenvalue weighted by Gasteiger charge is 2.21. The monoisotopic (exact) mass is 320 g/mol. The molecule has 0 unspecified atom stereocenters. The fourth-order valence-electron chi connectivity index (χ4n) is 2.38. The second-order valence-electron chi connectivity index (χ2n) is 5.26. The van der Waals surface area contributed by atoms with Gasteiger partial charge in [0, 0.05) is 23.3 Å². The minimum absolute atomic E-state index is 0.0873. The first-order valence-electron chi connectivity index (χ1n) is 7.33. The number of hydrogen-bond acceptors (Lipinski definition) is 4. The van der Waals surface area contributed by atoms with Gasteiger partial charge in [0.1, 0.15) is 11.8 Å². The second kappa shape index (κ2) is 6.94. The predicted octanol–water partition coefficient (Wildman–Crippen LogP) is 3.18. The van der Waals surface area contributed by atoms with Crippen molar-refractivity contribution in [3.63, 3.8) is 0 Å². The average molecular weight is 321 g/mol. The van der Waals surface area contributed by atoms with E-state index in [0.29, 0.717) is 29.6 Å². The number of nitrogens with zero attached hydrogens (tertiary/aromatic N) is 1. The van der Waals surface area contributed by atoms with Crippen molar-refractivity contribution in [1.29, 1.82) is 0 Å². The molecule has 1 aromatic heterocycles. The van der Waals surface area contributed by atoms with Crippen LogP contribution in [0.25, 0.3) is 11.3 Å². The van der Waals surface area contributed by atoms with E-state index in [9.17, 15) is 4.79 Å². The van der Waals surface area contributed by atoms with Crippen LogP contribution in [0.3, 0.4) is 0 Å². The Morgan fingerprint density at radius 2 is 2.14 bits per heavy atom. The number of aromatic nitrogens is 1. The summed E-state index contributed by atoms with van der Waals surface area (Å²) in [6.07, 6.45) is 2.50. The molecule has 2 heterocycles. The van der Waals surface area contributed by atoms with Crippen LogP contribution in [0, 0.1) is 0 Å². The van der Waals surface area contributed by atoms with E-state index in [1.807, 2.05) is 18.2 Å². The van der Waals surface area contributed by atoms with Gasteiger partial charge in [-0.2, -0.15) is 0 Å². The summed E-state index contributed by atoms with van der Waals surface area (Å²) in [5.41, 5.74) is 1.57. The zero-order chi connectivity index (χ0) is 15.4. The van der Waals surface area contributed by atoms with Crippen molar-refractivity contribution in [2.24, 2.45) is 0 Å². The number of nitrogens with one attached hydrogen (secondary N) is 1. The first-order chi connectivity index (χ1) is 10.7. The molecule has 1 aliphatic heterocycles. The molecule has 0 spiro atoms. The van der Waals surface area contributed by atoms with E-state index in [4.69, 9.17) is 20.9 Å². The zero-order valence-electron chi connectivity index (χ0n) is 12.0. The largest absolute Gasteiger partial charge is 0.368 e. The van der Waals surface area contributed by atoms with Crippen LogP contribution < -0.4 is 5.32 Å². The predicted molar refractivity (Wildman–Crippen MR) is 82.4 cm³/mol. The lowest BCUT2D eigenvalue weighted by Crippen LogP contribution is -2.38. The molecule has 6 heteroatoms. The maximum atomic E-state index is 12.0. The van der Waals surface area contributed by atoms with Gasteiger partial charge in [0.25, 0.3) is 0 Å². The van der Waals surface area contributed by atoms with E-state index in [0.717, 1.165) is 24.8 Å². The third-order valence-electron chi connectivity index (χ3n) is 3.60. The number of halogens is 1. The van der Waals surface area contributed by atoms with Crippen LogP contribution in [-0.4, -0.2) is 23.8 Å². The van der Waals surface area contributed by atoms with Gasteiger partial charge in [-0.1, -0.05) is 16.8 Å². The van der Waals surface area contributed by atoms with Gasteiger partial charge in [-0.3, -0.25) is 4.79 Å². The van der Waals surface area contributed by atoms with Crippen LogP contribution in [0.15, 0.2) is 34.9 Å². The standard InChI is InChI=1S/C16H17ClN2O3/c17-12-6-4-11(5-7-12)15-9-13(19-22-15)10-18-16(20)14-3-1-2-8-21-14/h4-7,9,14H,1-3,8,10H2,(H,18,20)/t14-/m0/s1. The SMILES string of the molecule is O=C(NCc1cc(-c2ccc(Cl)cc2)on1)[C@@H]1CCCCO1. The molecule has 116 valence electrons. The van der Waals surface area contributed by atoms with Crippen LogP contribution in [0.4, 0.5) is 0 Å². The second-order valence-corrected chi connectivity index (χ2v) is 5.70. The smallest absolute Gasteiger partial charge is 0.249 e. The molecule has 1 aliphatic rings. The summed E-state index contributed by atoms with van der Waals surface area (Å²) in [6.45, 7) is 0.985. The van der Waals surface area contributed by atoms with Crippen molar-refractivity contribution in [3.8, 4) is 11.3 Å². The van der Waals surface area contributed by atoms with Crippen LogP contribution in [0.5, 0.6) is 0 Å². The number of rotatable bonds is 4. The van der Waals surface area contributed by atoms with E-state index in [2.05, 4.69) is 10.5 Å². The molecule has 1 saturated heterocycles. The maximum Gasteiger partial charge on any atom is 0.249 e. The van der Waals surface area contributed by atoms with Gasteiger partial charge in [0.2, 0.25) is 5.91 Å². The summed E-state index contributed by atoms with van der Waals surface area (Å²) in [5.74, 6) is 0.561. The van der Waals surface area contributed by atoms with Gasteiger partial charge in [-0.25, -0.2) is 0 Å². The Morgan fingerprint density at radius 3 is 2.86 bits per heavy atom. The van der Waals surface area contributed by atoms with Gasteiger partial charge in [-0.05, 0) is 43.5 Å². The molecule has 0 bridgehead atoms. The molecule has 1 amide bonds. The molecule has 0 aliphatic carbocycles. The number of carbonyl (C=O) groups is 1. The summed E-state index contributed by atoms with van der Waals surface area (Å²) < 4.78 is 10.7. The Morgan fingerprint density at radius 1 is 1.32 bits per heavy atom. The van der Waals surface area contributed by atoms with Crippen molar-refractivity contribution >= 4 is 17.5 Å². The summed E-state index contributed by atoms with van der Waals surface area (Å²) >= 11 is 5.86. The van der Waals surface area contributed by atoms with E-state index in [1.165, 1.54) is 0 Å². The minimum Gasteiger partial charge on any atom is -0.368 e. The highest BCUT2D eigenvalue weighted by atomic mass is 35.5. The van der Waals surface area contributed by atoms with Gasteiger partial charge in [-0.15, -0.1) is 0 Å². The Hall–Kier alpha value is -1.85. The van der Waals surface area contributed by atoms with E-state index >= 15 is 0 Å². The summed E-state index contributed by atoms with van der Waals surface area (Å²) in [7, 11) is 0. The van der Waals surface area contributed by atoms with Crippen LogP contribution in [-0.2, 0) is 16.1 Å². The Balaban J connectivity index is 1.57. The Labute approximate surface area is 133 Å². The summed E-state index contributed by atoms with van der Waals surface area (Å²) in [5, 5.41) is 7.47. The third kappa shape index (κ3) is 3.67. The van der Waals surface area contributed by atoms with Crippen molar-refractivity contribution < 1.29 is 14.1 Å². The van der Waals surface area contributed by atoms with Crippen molar-refractivity contribution in [3.05, 3.63) is 41.0 Å². The lowest BCUT2D eigenvalue weighted by Gasteiger charge is -2.21. The quantitative estimate of drug-likeness (QED) is 0.939. The van der Waals surface area contributed by atoms with Gasteiger partial charge < -0.3 is 14.6 Å². The highest BCUT2D eigenvalue weighted by Crippen LogP contribution is 2.22. The number of ether oxygens (including phenoxy) is 1. The van der Waals surface area contributed by atoms with Crippen molar-refractivity contribution in [2.75, 3.05) is 6.61 Å². The minimum atomic E-state index is -0.337. The molecule has 22 heavy (non-hydrogen) atoms. The molecule has 3 rings (SSSR count). The molecule has 5 nitrogen and oxygen atoms in total. The lowest BCUT2D eigenvalue weighted by atomic mass is 10.1. The van der Waals surface area contributed by atoms with E-state index in [-0.39, 0.29) is 12.0 Å². The van der Waals surface area contributed by atoms with Crippen LogP contribution >= 0.6 is 11.6 Å². The Bertz CT molecular complexity index is 633. The van der Waals surface area contributed by atoms with Crippen LogP contribution in [0.1, 0.15) is 25.0 Å². The normalized spacial score (nSPS) is 18.1.